The standard InChI is InChI=1S/C3H6O.HI.K/c1-2-3-4;;/h3H,2H2,1H3;1H;/q;;+1/p-1. The summed E-state index contributed by atoms with van der Waals surface area (Å²) in [4.78, 5) is 9.17. The van der Waals surface area contributed by atoms with Crippen molar-refractivity contribution < 1.29 is 80.2 Å². The van der Waals surface area contributed by atoms with Gasteiger partial charge < -0.3 is 28.8 Å². The monoisotopic (exact) mass is 224 g/mol. The first-order valence-electron chi connectivity index (χ1n) is 1.35. The summed E-state index contributed by atoms with van der Waals surface area (Å²) in [6.07, 6.45) is 1.51. The summed E-state index contributed by atoms with van der Waals surface area (Å²) in [5.74, 6) is 0. The molecule has 3 heteroatoms. The molecule has 0 unspecified atom stereocenters. The third kappa shape index (κ3) is 16.6. The van der Waals surface area contributed by atoms with Crippen LogP contribution in [0.5, 0.6) is 0 Å². The second-order valence-corrected chi connectivity index (χ2v) is 0.575. The Bertz CT molecular complexity index is 24.8. The average molecular weight is 224 g/mol. The van der Waals surface area contributed by atoms with Crippen LogP contribution in [0.1, 0.15) is 13.3 Å². The largest absolute Gasteiger partial charge is 1.00 e. The predicted molar refractivity (Wildman–Crippen MR) is 16.4 cm³/mol. The van der Waals surface area contributed by atoms with Gasteiger partial charge in [0, 0.05) is 6.42 Å². The Balaban J connectivity index is -0.0000000450. The van der Waals surface area contributed by atoms with Crippen LogP contribution in [0.15, 0.2) is 0 Å². The van der Waals surface area contributed by atoms with Crippen LogP contribution in [0.3, 0.4) is 0 Å². The molecular weight excluding hydrogens is 218 g/mol. The van der Waals surface area contributed by atoms with E-state index in [0.717, 1.165) is 6.29 Å². The van der Waals surface area contributed by atoms with Crippen molar-refractivity contribution in [2.24, 2.45) is 0 Å². The van der Waals surface area contributed by atoms with Gasteiger partial charge in [0.2, 0.25) is 0 Å². The molecule has 0 rings (SSSR count). The zero-order chi connectivity index (χ0) is 3.41. The Morgan fingerprint density at radius 2 is 1.83 bits per heavy atom. The minimum Gasteiger partial charge on any atom is -1.00 e. The van der Waals surface area contributed by atoms with E-state index in [9.17, 15) is 4.79 Å². The zero-order valence-electron chi connectivity index (χ0n) is 4.07. The van der Waals surface area contributed by atoms with Crippen molar-refractivity contribution >= 4 is 6.29 Å². The summed E-state index contributed by atoms with van der Waals surface area (Å²) in [6.45, 7) is 1.81. The maximum absolute atomic E-state index is 9.17. The van der Waals surface area contributed by atoms with Crippen LogP contribution in [-0.4, -0.2) is 6.29 Å². The van der Waals surface area contributed by atoms with Crippen LogP contribution in [0.2, 0.25) is 0 Å². The molecule has 0 radical (unpaired) electrons. The van der Waals surface area contributed by atoms with E-state index in [-0.39, 0.29) is 75.4 Å². The Kier molecular flexibility index (Phi) is 41.1. The predicted octanol–water partition coefficient (Wildman–Crippen LogP) is -5.40. The number of hydrogen-bond donors (Lipinski definition) is 0. The fourth-order valence-corrected chi connectivity index (χ4v) is 0. The van der Waals surface area contributed by atoms with Crippen molar-refractivity contribution in [3.8, 4) is 0 Å². The molecular formula is C3H6IKO. The van der Waals surface area contributed by atoms with Gasteiger partial charge in [0.25, 0.3) is 0 Å². The summed E-state index contributed by atoms with van der Waals surface area (Å²) in [5, 5.41) is 0. The van der Waals surface area contributed by atoms with Crippen molar-refractivity contribution in [2.75, 3.05) is 0 Å². The van der Waals surface area contributed by atoms with Crippen LogP contribution in [-0.2, 0) is 4.79 Å². The van der Waals surface area contributed by atoms with Crippen molar-refractivity contribution in [1.82, 2.24) is 0 Å². The van der Waals surface area contributed by atoms with E-state index in [1.165, 1.54) is 0 Å². The van der Waals surface area contributed by atoms with Crippen LogP contribution >= 0.6 is 0 Å². The fourth-order valence-electron chi connectivity index (χ4n) is 0. The minimum absolute atomic E-state index is 0. The molecule has 0 bridgehead atoms. The summed E-state index contributed by atoms with van der Waals surface area (Å²) in [6, 6.07) is 0. The quantitative estimate of drug-likeness (QED) is 0.247. The summed E-state index contributed by atoms with van der Waals surface area (Å²) in [5.41, 5.74) is 0. The third-order valence-corrected chi connectivity index (χ3v) is 0.167. The molecule has 0 spiro atoms. The molecule has 0 saturated heterocycles. The molecule has 0 aromatic carbocycles. The van der Waals surface area contributed by atoms with Gasteiger partial charge in [0.1, 0.15) is 6.29 Å². The van der Waals surface area contributed by atoms with Gasteiger partial charge in [-0.05, 0) is 0 Å². The first kappa shape index (κ1) is 15.7. The molecule has 0 amide bonds. The normalized spacial score (nSPS) is 4.17. The molecule has 0 fully saturated rings. The van der Waals surface area contributed by atoms with Gasteiger partial charge in [0.15, 0.2) is 0 Å². The van der Waals surface area contributed by atoms with E-state index in [0.29, 0.717) is 6.42 Å². The van der Waals surface area contributed by atoms with Crippen molar-refractivity contribution in [3.05, 3.63) is 0 Å². The van der Waals surface area contributed by atoms with Gasteiger partial charge in [0.05, 0.1) is 0 Å². The van der Waals surface area contributed by atoms with Gasteiger partial charge in [-0.2, -0.15) is 0 Å². The Morgan fingerprint density at radius 1 is 1.67 bits per heavy atom. The Labute approximate surface area is 97.7 Å². The second-order valence-electron chi connectivity index (χ2n) is 0.575. The summed E-state index contributed by atoms with van der Waals surface area (Å²) in [7, 11) is 0. The number of carbonyl (C=O) groups is 1. The van der Waals surface area contributed by atoms with Crippen LogP contribution in [0.4, 0.5) is 0 Å². The van der Waals surface area contributed by atoms with E-state index in [1.54, 1.807) is 0 Å². The maximum Gasteiger partial charge on any atom is 1.00 e. The summed E-state index contributed by atoms with van der Waals surface area (Å²) >= 11 is 0. The molecule has 0 atom stereocenters. The van der Waals surface area contributed by atoms with Gasteiger partial charge in [-0.1, -0.05) is 6.92 Å². The summed E-state index contributed by atoms with van der Waals surface area (Å²) < 4.78 is 0. The van der Waals surface area contributed by atoms with E-state index in [1.807, 2.05) is 6.92 Å². The van der Waals surface area contributed by atoms with E-state index in [2.05, 4.69) is 0 Å². The molecule has 1 nitrogen and oxygen atoms in total. The first-order chi connectivity index (χ1) is 1.91. The Morgan fingerprint density at radius 3 is 1.83 bits per heavy atom. The second kappa shape index (κ2) is 15.7. The van der Waals surface area contributed by atoms with Crippen molar-refractivity contribution in [3.63, 3.8) is 0 Å². The fraction of sp³-hybridized carbons (Fsp3) is 0.667. The van der Waals surface area contributed by atoms with E-state index in [4.69, 9.17) is 0 Å². The smallest absolute Gasteiger partial charge is 1.00 e. The van der Waals surface area contributed by atoms with Crippen LogP contribution in [0.25, 0.3) is 0 Å². The SMILES string of the molecule is CCC=O.[I-].[K+]. The molecule has 0 heterocycles. The molecule has 0 aromatic rings. The number of rotatable bonds is 1. The zero-order valence-corrected chi connectivity index (χ0v) is 9.35. The molecule has 0 N–H and O–H groups in total. The maximum atomic E-state index is 9.17. The Hall–Kier alpha value is 2.04. The molecule has 0 saturated carbocycles. The minimum atomic E-state index is 0. The molecule has 6 heavy (non-hydrogen) atoms. The molecule has 0 aliphatic rings. The molecule has 0 aliphatic carbocycles. The van der Waals surface area contributed by atoms with E-state index < -0.39 is 0 Å². The van der Waals surface area contributed by atoms with Crippen LogP contribution in [0, 0.1) is 0 Å². The molecule has 32 valence electrons. The number of halogens is 1. The number of hydrogen-bond acceptors (Lipinski definition) is 1. The van der Waals surface area contributed by atoms with Gasteiger partial charge in [-0.3, -0.25) is 0 Å². The first-order valence-corrected chi connectivity index (χ1v) is 1.35. The molecule has 0 aliphatic heterocycles. The van der Waals surface area contributed by atoms with Gasteiger partial charge in [-0.25, -0.2) is 0 Å². The van der Waals surface area contributed by atoms with Crippen molar-refractivity contribution in [2.45, 2.75) is 13.3 Å². The average Bonchev–Trinajstić information content (AvgIpc) is 1.37. The topological polar surface area (TPSA) is 17.1 Å². The van der Waals surface area contributed by atoms with Crippen LogP contribution < -0.4 is 75.4 Å². The number of aldehydes is 1. The number of carbonyl (C=O) groups excluding carboxylic acids is 1. The van der Waals surface area contributed by atoms with Crippen molar-refractivity contribution in [1.29, 1.82) is 0 Å². The van der Waals surface area contributed by atoms with Gasteiger partial charge in [-0.15, -0.1) is 0 Å². The third-order valence-electron chi connectivity index (χ3n) is 0.167. The van der Waals surface area contributed by atoms with Gasteiger partial charge >= 0.3 is 51.4 Å². The van der Waals surface area contributed by atoms with E-state index >= 15 is 0 Å². The molecule has 0 aromatic heterocycles.